The lowest BCUT2D eigenvalue weighted by Gasteiger charge is -2.41. The Labute approximate surface area is 297 Å². The van der Waals surface area contributed by atoms with Crippen LogP contribution in [0.25, 0.3) is 33.4 Å². The van der Waals surface area contributed by atoms with Gasteiger partial charge in [-0.1, -0.05) is 144 Å². The van der Waals surface area contributed by atoms with Crippen LogP contribution in [-0.2, 0) is 18.5 Å². The molecule has 3 heteroatoms. The van der Waals surface area contributed by atoms with Crippen LogP contribution in [0.2, 0.25) is 0 Å². The smallest absolute Gasteiger partial charge is 0.0969 e. The number of hydrogen-bond acceptors (Lipinski definition) is 0. The molecule has 4 aromatic carbocycles. The molecule has 0 bridgehead atoms. The maximum Gasteiger partial charge on any atom is 0.110 e. The quantitative estimate of drug-likeness (QED) is 0.129. The predicted molar refractivity (Wildman–Crippen MR) is 225 cm³/mol. The lowest BCUT2D eigenvalue weighted by molar-refractivity contribution is 0.975. The third-order valence-electron chi connectivity index (χ3n) is 11.1. The molecule has 1 aliphatic rings. The summed E-state index contributed by atoms with van der Waals surface area (Å²) in [5.74, 6) is 0. The summed E-state index contributed by atoms with van der Waals surface area (Å²) in [6.07, 6.45) is 3.58. The van der Waals surface area contributed by atoms with Crippen LogP contribution < -0.4 is 5.30 Å². The van der Waals surface area contributed by atoms with Crippen LogP contribution in [0.4, 0.5) is 0 Å². The molecule has 0 radical (unpaired) electrons. The van der Waals surface area contributed by atoms with Gasteiger partial charge in [0.15, 0.2) is 0 Å². The molecule has 0 spiro atoms. The molecule has 1 heterocycles. The Hall–Kier alpha value is -1.83. The Bertz CT molecular complexity index is 1670. The standard InChI is InChI=1S/C45H62P3/c1-30(2)46(31(3)4)27-36-19-13-16-22-40(36)39-25-43(41-23-17-14-20-37(41)28-47(32(5)6)33(7)8)45-44(26-39)42-24-18-15-21-38(42)29-48(45,34(9)10)35(11)12/h13-26,30-35H,27-29H2,1-12H3/q+1. The van der Waals surface area contributed by atoms with Crippen LogP contribution in [0.15, 0.2) is 84.9 Å². The van der Waals surface area contributed by atoms with Crippen molar-refractivity contribution in [3.63, 3.8) is 0 Å². The van der Waals surface area contributed by atoms with Gasteiger partial charge in [0, 0.05) is 11.1 Å². The van der Waals surface area contributed by atoms with Crippen molar-refractivity contribution in [2.75, 3.05) is 0 Å². The topological polar surface area (TPSA) is 0 Å². The number of hydrogen-bond donors (Lipinski definition) is 0. The van der Waals surface area contributed by atoms with Gasteiger partial charge in [0.1, 0.15) is 5.30 Å². The summed E-state index contributed by atoms with van der Waals surface area (Å²) in [5.41, 5.74) is 17.5. The van der Waals surface area contributed by atoms with Gasteiger partial charge in [0.25, 0.3) is 0 Å². The molecule has 0 atom stereocenters. The summed E-state index contributed by atoms with van der Waals surface area (Å²) >= 11 is 0. The first-order valence-corrected chi connectivity index (χ1v) is 24.0. The first-order valence-electron chi connectivity index (χ1n) is 18.6. The number of benzene rings is 4. The highest BCUT2D eigenvalue weighted by molar-refractivity contribution is 7.84. The molecule has 0 unspecified atom stereocenters. The zero-order valence-electron chi connectivity index (χ0n) is 32.0. The van der Waals surface area contributed by atoms with Crippen molar-refractivity contribution in [1.82, 2.24) is 0 Å². The van der Waals surface area contributed by atoms with E-state index in [-0.39, 0.29) is 15.8 Å². The second-order valence-corrected chi connectivity index (χ2v) is 27.4. The maximum atomic E-state index is 2.66. The lowest BCUT2D eigenvalue weighted by atomic mass is 9.89. The van der Waals surface area contributed by atoms with Crippen LogP contribution >= 0.6 is 23.1 Å². The van der Waals surface area contributed by atoms with E-state index in [0.29, 0.717) is 34.0 Å². The second-order valence-electron chi connectivity index (χ2n) is 15.9. The SMILES string of the molecule is CC(C)P(Cc1ccccc1-c1cc(-c2ccccc2CP(C(C)C)C(C)C)c2c(c1)-c1ccccc1C[P+]2(C(C)C)C(C)C)C(C)C. The van der Waals surface area contributed by atoms with Crippen molar-refractivity contribution in [1.29, 1.82) is 0 Å². The van der Waals surface area contributed by atoms with Gasteiger partial charge in [-0.3, -0.25) is 0 Å². The Morgan fingerprint density at radius 2 is 0.875 bits per heavy atom. The molecular weight excluding hydrogens is 633 g/mol. The molecule has 5 rings (SSSR count). The fourth-order valence-electron chi connectivity index (χ4n) is 8.59. The van der Waals surface area contributed by atoms with Gasteiger partial charge >= 0.3 is 0 Å². The van der Waals surface area contributed by atoms with Crippen molar-refractivity contribution in [3.05, 3.63) is 102 Å². The monoisotopic (exact) mass is 695 g/mol. The minimum atomic E-state index is -1.62. The van der Waals surface area contributed by atoms with Crippen LogP contribution in [-0.4, -0.2) is 34.0 Å². The first kappa shape index (κ1) is 37.4. The van der Waals surface area contributed by atoms with E-state index in [0.717, 1.165) is 0 Å². The molecule has 1 aliphatic heterocycles. The molecule has 256 valence electrons. The Morgan fingerprint density at radius 1 is 0.479 bits per heavy atom. The highest BCUT2D eigenvalue weighted by Crippen LogP contribution is 2.72. The zero-order valence-corrected chi connectivity index (χ0v) is 34.7. The summed E-state index contributed by atoms with van der Waals surface area (Å²) in [6, 6.07) is 33.6. The van der Waals surface area contributed by atoms with E-state index in [1.165, 1.54) is 57.4 Å². The van der Waals surface area contributed by atoms with Crippen LogP contribution in [0.3, 0.4) is 0 Å². The molecule has 0 saturated heterocycles. The molecule has 0 aromatic heterocycles. The van der Waals surface area contributed by atoms with Crippen molar-refractivity contribution < 1.29 is 0 Å². The predicted octanol–water partition coefficient (Wildman–Crippen LogP) is 14.3. The van der Waals surface area contributed by atoms with Crippen LogP contribution in [0.5, 0.6) is 0 Å². The van der Waals surface area contributed by atoms with Crippen LogP contribution in [0, 0.1) is 0 Å². The summed E-state index contributed by atoms with van der Waals surface area (Å²) in [7, 11) is -1.86. The van der Waals surface area contributed by atoms with Crippen molar-refractivity contribution in [3.8, 4) is 33.4 Å². The molecule has 0 amide bonds. The average molecular weight is 696 g/mol. The lowest BCUT2D eigenvalue weighted by Crippen LogP contribution is -2.33. The molecule has 0 nitrogen and oxygen atoms in total. The van der Waals surface area contributed by atoms with Gasteiger partial charge in [-0.05, 0) is 114 Å². The largest absolute Gasteiger partial charge is 0.110 e. The third kappa shape index (κ3) is 7.30. The Balaban J connectivity index is 1.88. The maximum absolute atomic E-state index is 2.66. The molecule has 0 N–H and O–H groups in total. The molecule has 0 fully saturated rings. The zero-order chi connectivity index (χ0) is 34.9. The molecular formula is C45H62P3+. The summed E-state index contributed by atoms with van der Waals surface area (Å²) in [6.45, 7) is 29.6. The number of rotatable bonds is 12. The van der Waals surface area contributed by atoms with Crippen molar-refractivity contribution in [2.45, 2.75) is 136 Å². The minimum Gasteiger partial charge on any atom is -0.0969 e. The molecule has 4 aromatic rings. The highest BCUT2D eigenvalue weighted by Gasteiger charge is 2.52. The first-order chi connectivity index (χ1) is 22.8. The third-order valence-corrected chi connectivity index (χ3v) is 23.7. The number of fused-ring (bicyclic) bond motifs is 3. The van der Waals surface area contributed by atoms with Crippen LogP contribution in [0.1, 0.15) is 99.8 Å². The van der Waals surface area contributed by atoms with Gasteiger partial charge in [0.05, 0.1) is 24.7 Å². The van der Waals surface area contributed by atoms with E-state index < -0.39 is 7.26 Å². The molecule has 48 heavy (non-hydrogen) atoms. The van der Waals surface area contributed by atoms with E-state index in [1.54, 1.807) is 16.4 Å². The summed E-state index contributed by atoms with van der Waals surface area (Å²) < 4.78 is 0. The van der Waals surface area contributed by atoms with Gasteiger partial charge in [0.2, 0.25) is 0 Å². The van der Waals surface area contributed by atoms with Crippen molar-refractivity contribution in [2.24, 2.45) is 0 Å². The van der Waals surface area contributed by atoms with Gasteiger partial charge in [-0.2, -0.15) is 0 Å². The van der Waals surface area contributed by atoms with E-state index in [2.05, 4.69) is 168 Å². The molecule has 0 saturated carbocycles. The van der Waals surface area contributed by atoms with Gasteiger partial charge < -0.3 is 0 Å². The van der Waals surface area contributed by atoms with Gasteiger partial charge in [-0.15, -0.1) is 0 Å². The highest BCUT2D eigenvalue weighted by atomic mass is 31.2. The fourth-order valence-corrected chi connectivity index (χ4v) is 19.0. The minimum absolute atomic E-state index is 0.118. The van der Waals surface area contributed by atoms with E-state index >= 15 is 0 Å². The van der Waals surface area contributed by atoms with Crippen molar-refractivity contribution >= 4 is 28.4 Å². The fraction of sp³-hybridized carbons (Fsp3) is 0.467. The average Bonchev–Trinajstić information content (AvgIpc) is 3.04. The van der Waals surface area contributed by atoms with E-state index in [4.69, 9.17) is 0 Å². The Morgan fingerprint density at radius 3 is 1.35 bits per heavy atom. The summed E-state index contributed by atoms with van der Waals surface area (Å²) in [5, 5.41) is 1.70. The van der Waals surface area contributed by atoms with Gasteiger partial charge in [-0.25, -0.2) is 0 Å². The van der Waals surface area contributed by atoms with E-state index in [1.807, 2.05) is 0 Å². The van der Waals surface area contributed by atoms with E-state index in [9.17, 15) is 0 Å². The Kier molecular flexibility index (Phi) is 12.2. The summed E-state index contributed by atoms with van der Waals surface area (Å²) in [4.78, 5) is 0. The molecule has 0 aliphatic carbocycles. The normalized spacial score (nSPS) is 14.3. The second kappa shape index (κ2) is 15.6.